The van der Waals surface area contributed by atoms with Gasteiger partial charge in [0.05, 0.1) is 40.0 Å². The summed E-state index contributed by atoms with van der Waals surface area (Å²) in [6, 6.07) is 27.9. The number of rotatable bonds is 10. The molecule has 2 aliphatic heterocycles. The summed E-state index contributed by atoms with van der Waals surface area (Å²) in [6.07, 6.45) is 4.80. The fourth-order valence-corrected chi connectivity index (χ4v) is 8.19. The molecule has 11 heteroatoms. The maximum absolute atomic E-state index is 14.1. The molecule has 2 amide bonds. The van der Waals surface area contributed by atoms with Gasteiger partial charge in [0.25, 0.3) is 0 Å². The van der Waals surface area contributed by atoms with Gasteiger partial charge in [-0.2, -0.15) is 0 Å². The highest BCUT2D eigenvalue weighted by Gasteiger charge is 2.57. The summed E-state index contributed by atoms with van der Waals surface area (Å²) in [6.45, 7) is 0.233. The van der Waals surface area contributed by atoms with Crippen molar-refractivity contribution in [3.8, 4) is 17.2 Å². The van der Waals surface area contributed by atoms with Gasteiger partial charge in [0.15, 0.2) is 11.5 Å². The van der Waals surface area contributed by atoms with Crippen LogP contribution in [0.5, 0.6) is 17.2 Å². The van der Waals surface area contributed by atoms with E-state index in [1.807, 2.05) is 78.9 Å². The zero-order valence-electron chi connectivity index (χ0n) is 27.4. The number of pyridine rings is 1. The smallest absolute Gasteiger partial charge is 0.455 e. The van der Waals surface area contributed by atoms with Crippen molar-refractivity contribution in [2.75, 3.05) is 18.6 Å². The molecular formula is C39H36BIN2O7. The number of phenols is 1. The van der Waals surface area contributed by atoms with E-state index < -0.39 is 31.0 Å². The fraction of sp³-hybridized carbons (Fsp3) is 0.256. The first-order valence-electron chi connectivity index (χ1n) is 16.7. The van der Waals surface area contributed by atoms with Crippen LogP contribution < -0.4 is 14.4 Å². The molecule has 2 fully saturated rings. The molecule has 0 bridgehead atoms. The maximum Gasteiger partial charge on any atom is 0.455 e. The number of methoxy groups -OCH3 is 1. The number of aromatic hydroxyl groups is 1. The van der Waals surface area contributed by atoms with Gasteiger partial charge >= 0.3 is 7.12 Å². The number of phenolic OH excluding ortho intramolecular Hbond substituents is 1. The first-order chi connectivity index (χ1) is 24.3. The molecular weight excluding hydrogens is 746 g/mol. The number of nitrogens with zero attached hydrogens (tertiary/aromatic N) is 2. The van der Waals surface area contributed by atoms with Gasteiger partial charge in [-0.25, -0.2) is 0 Å². The second-order valence-electron chi connectivity index (χ2n) is 12.7. The van der Waals surface area contributed by atoms with E-state index >= 15 is 0 Å². The number of allylic oxidation sites excluding steroid dienone is 1. The molecule has 0 spiro atoms. The fourth-order valence-electron chi connectivity index (χ4n) is 7.56. The summed E-state index contributed by atoms with van der Waals surface area (Å²) < 4.78 is 18.6. The lowest BCUT2D eigenvalue weighted by Gasteiger charge is -2.43. The van der Waals surface area contributed by atoms with Crippen LogP contribution in [-0.4, -0.2) is 53.9 Å². The van der Waals surface area contributed by atoms with Crippen LogP contribution in [-0.2, 0) is 14.2 Å². The Kier molecular flexibility index (Phi) is 10.1. The van der Waals surface area contributed by atoms with Gasteiger partial charge in [-0.05, 0) is 131 Å². The van der Waals surface area contributed by atoms with Crippen LogP contribution >= 0.6 is 22.6 Å². The number of amides is 2. The lowest BCUT2D eigenvalue weighted by atomic mass is 9.58. The minimum absolute atomic E-state index is 0.0823. The zero-order valence-corrected chi connectivity index (χ0v) is 29.6. The van der Waals surface area contributed by atoms with Gasteiger partial charge in [-0.3, -0.25) is 19.5 Å². The summed E-state index contributed by atoms with van der Waals surface area (Å²) in [5.74, 6) is -0.883. The number of ether oxygens (including phenoxy) is 2. The number of anilines is 1. The van der Waals surface area contributed by atoms with E-state index in [1.54, 1.807) is 24.4 Å². The molecule has 2 saturated heterocycles. The van der Waals surface area contributed by atoms with E-state index in [0.717, 1.165) is 28.0 Å². The third kappa shape index (κ3) is 6.81. The number of halogens is 1. The van der Waals surface area contributed by atoms with Crippen LogP contribution in [0.2, 0.25) is 6.32 Å². The topological polar surface area (TPSA) is 118 Å². The van der Waals surface area contributed by atoms with E-state index in [4.69, 9.17) is 14.1 Å². The number of imide groups is 1. The average molecular weight is 782 g/mol. The van der Waals surface area contributed by atoms with Gasteiger partial charge in [-0.15, -0.1) is 0 Å². The molecule has 2 N–H and O–H groups in total. The van der Waals surface area contributed by atoms with E-state index in [9.17, 15) is 19.7 Å². The van der Waals surface area contributed by atoms with Gasteiger partial charge in [-0.1, -0.05) is 42.5 Å². The van der Waals surface area contributed by atoms with Crippen molar-refractivity contribution in [2.45, 2.75) is 31.7 Å². The molecule has 1 aromatic heterocycles. The summed E-state index contributed by atoms with van der Waals surface area (Å²) in [4.78, 5) is 34.1. The van der Waals surface area contributed by atoms with Crippen molar-refractivity contribution in [1.82, 2.24) is 4.98 Å². The van der Waals surface area contributed by atoms with Gasteiger partial charge in [0.2, 0.25) is 11.8 Å². The first-order valence-corrected chi connectivity index (χ1v) is 17.7. The number of para-hydroxylation sites is 2. The Morgan fingerprint density at radius 2 is 1.76 bits per heavy atom. The predicted octanol–water partition coefficient (Wildman–Crippen LogP) is 6.80. The number of hydrogen-bond acceptors (Lipinski definition) is 8. The normalized spacial score (nSPS) is 22.0. The molecule has 4 atom stereocenters. The summed E-state index contributed by atoms with van der Waals surface area (Å²) >= 11 is 2.08. The van der Waals surface area contributed by atoms with Crippen LogP contribution in [0.25, 0.3) is 11.6 Å². The monoisotopic (exact) mass is 782 g/mol. The second-order valence-corrected chi connectivity index (χ2v) is 13.9. The van der Waals surface area contributed by atoms with E-state index in [-0.39, 0.29) is 30.5 Å². The number of carbonyl (C=O) groups excluding carboxylic acids is 2. The lowest BCUT2D eigenvalue weighted by Crippen LogP contribution is -2.46. The Balaban J connectivity index is 1.25. The van der Waals surface area contributed by atoms with E-state index in [0.29, 0.717) is 40.0 Å². The Labute approximate surface area is 304 Å². The van der Waals surface area contributed by atoms with Crippen molar-refractivity contribution >= 4 is 58.9 Å². The highest BCUT2D eigenvalue weighted by atomic mass is 127. The average Bonchev–Trinajstić information content (AvgIpc) is 3.39. The molecule has 3 heterocycles. The molecule has 254 valence electrons. The van der Waals surface area contributed by atoms with E-state index in [2.05, 4.69) is 27.6 Å². The van der Waals surface area contributed by atoms with Crippen LogP contribution in [0.3, 0.4) is 0 Å². The van der Waals surface area contributed by atoms with Crippen molar-refractivity contribution in [2.24, 2.45) is 17.8 Å². The van der Waals surface area contributed by atoms with Crippen LogP contribution in [0.15, 0.2) is 108 Å². The second kappa shape index (κ2) is 14.8. The number of benzene rings is 3. The van der Waals surface area contributed by atoms with E-state index in [1.165, 1.54) is 12.0 Å². The Hall–Kier alpha value is -4.46. The van der Waals surface area contributed by atoms with Crippen molar-refractivity contribution in [3.05, 3.63) is 123 Å². The molecule has 9 nitrogen and oxygen atoms in total. The predicted molar refractivity (Wildman–Crippen MR) is 199 cm³/mol. The van der Waals surface area contributed by atoms with Crippen LogP contribution in [0, 0.1) is 21.3 Å². The molecule has 1 aliphatic carbocycles. The largest absolute Gasteiger partial charge is 0.504 e. The van der Waals surface area contributed by atoms with Crippen LogP contribution in [0.1, 0.15) is 30.5 Å². The molecule has 50 heavy (non-hydrogen) atoms. The van der Waals surface area contributed by atoms with Crippen LogP contribution in [0.4, 0.5) is 5.69 Å². The lowest BCUT2D eigenvalue weighted by molar-refractivity contribution is -0.122. The summed E-state index contributed by atoms with van der Waals surface area (Å²) in [5, 5.41) is 21.6. The molecule has 3 aromatic carbocycles. The first kappa shape index (κ1) is 34.0. The summed E-state index contributed by atoms with van der Waals surface area (Å²) in [5.41, 5.74) is 4.95. The minimum Gasteiger partial charge on any atom is -0.504 e. The minimum atomic E-state index is -1.11. The van der Waals surface area contributed by atoms with Crippen molar-refractivity contribution in [1.29, 1.82) is 0 Å². The number of fused-ring (bicyclic) bond motifs is 3. The third-order valence-electron chi connectivity index (χ3n) is 9.76. The molecule has 4 aromatic rings. The molecule has 7 rings (SSSR count). The number of aromatic nitrogens is 1. The van der Waals surface area contributed by atoms with Crippen molar-refractivity contribution < 1.29 is 33.8 Å². The molecule has 0 radical (unpaired) electrons. The van der Waals surface area contributed by atoms with Gasteiger partial charge < -0.3 is 24.3 Å². The Morgan fingerprint density at radius 1 is 1.02 bits per heavy atom. The Morgan fingerprint density at radius 3 is 2.48 bits per heavy atom. The highest BCUT2D eigenvalue weighted by molar-refractivity contribution is 14.1. The van der Waals surface area contributed by atoms with Gasteiger partial charge in [0, 0.05) is 6.20 Å². The maximum atomic E-state index is 14.1. The quantitative estimate of drug-likeness (QED) is 0.0781. The zero-order chi connectivity index (χ0) is 34.8. The standard InChI is InChI=1S/C39H36BIN2O7/c1-48-34-20-24(19-31(41)37(34)44)18-25(32-14-8-9-17-42-32)15-16-33-35-26(23-49-28-12-6-3-7-13-28)21-29-36(30(35)22-40(47)50-33)39(46)43(38(29)45)27-10-4-2-5-11-27/h2-14,17-20,29-30,33,36,44,47H,15-16,21-23H2,1H3/b25-18-/t29-,30+,33-,36-/m1/s1. The van der Waals surface area contributed by atoms with Crippen molar-refractivity contribution in [3.63, 3.8) is 0 Å². The third-order valence-corrected chi connectivity index (χ3v) is 10.6. The number of carbonyl (C=O) groups is 2. The summed E-state index contributed by atoms with van der Waals surface area (Å²) in [7, 11) is 0.409. The molecule has 0 unspecified atom stereocenters. The number of hydrogen-bond donors (Lipinski definition) is 2. The Bertz CT molecular complexity index is 1940. The SMILES string of the molecule is COc1cc(/C=C(/CC[C@H]2OB(O)C[C@H]3C2=C(COc2ccccc2)C[C@H]2C(=O)N(c4ccccc4)C(=O)[C@H]23)c2ccccn2)cc(I)c1O. The molecule has 3 aliphatic rings. The molecule has 0 saturated carbocycles. The van der Waals surface area contributed by atoms with Gasteiger partial charge in [0.1, 0.15) is 12.4 Å². The highest BCUT2D eigenvalue weighted by Crippen LogP contribution is 2.51.